The number of amides is 13. The van der Waals surface area contributed by atoms with E-state index in [2.05, 4.69) is 85.2 Å². The Hall–Kier alpha value is -8.44. The summed E-state index contributed by atoms with van der Waals surface area (Å²) in [6.07, 6.45) is 33.2. The minimum Gasteiger partial charge on any atom is -0.356 e. The van der Waals surface area contributed by atoms with Crippen molar-refractivity contribution < 1.29 is 99.6 Å². The number of nitrogens with zero attached hydrogens (tertiary/aromatic N) is 5. The minimum absolute atomic E-state index is 0.0124. The largest absolute Gasteiger partial charge is 0.356 e. The van der Waals surface area contributed by atoms with Gasteiger partial charge in [0.2, 0.25) is 17.7 Å². The topological polar surface area (TPSA) is 395 Å². The lowest BCUT2D eigenvalue weighted by Gasteiger charge is -2.30. The van der Waals surface area contributed by atoms with Gasteiger partial charge in [-0.15, -0.1) is 10.1 Å². The molecule has 5 heterocycles. The molecule has 3 fully saturated rings. The molecule has 0 aromatic rings. The Balaban J connectivity index is 0.000000482. The Labute approximate surface area is 670 Å². The van der Waals surface area contributed by atoms with Gasteiger partial charge >= 0.3 is 11.9 Å². The Morgan fingerprint density at radius 1 is 0.389 bits per heavy atom. The minimum atomic E-state index is -3.75. The van der Waals surface area contributed by atoms with Gasteiger partial charge in [-0.2, -0.15) is 0 Å². The van der Waals surface area contributed by atoms with Crippen LogP contribution < -0.4 is 16.0 Å². The average molecular weight is 1610 g/mol. The maximum Gasteiger partial charge on any atom is 0.333 e. The monoisotopic (exact) mass is 1610 g/mol. The molecular weight excluding hydrogens is 1480 g/mol. The predicted octanol–water partition coefficient (Wildman–Crippen LogP) is 10.4. The first-order chi connectivity index (χ1) is 53.4. The van der Waals surface area contributed by atoms with Gasteiger partial charge in [-0.05, 0) is 113 Å². The molecule has 6 aliphatic rings. The number of nitrogens with one attached hydrogen (secondary N) is 3. The summed E-state index contributed by atoms with van der Waals surface area (Å²) < 4.78 is 22.9. The van der Waals surface area contributed by atoms with Crippen LogP contribution in [0.4, 0.5) is 0 Å². The summed E-state index contributed by atoms with van der Waals surface area (Å²) in [7, 11) is -3.75. The van der Waals surface area contributed by atoms with E-state index in [1.807, 2.05) is 0 Å². The van der Waals surface area contributed by atoms with Crippen LogP contribution in [0.3, 0.4) is 0 Å². The second kappa shape index (κ2) is 55.9. The van der Waals surface area contributed by atoms with Crippen molar-refractivity contribution in [2.45, 2.75) is 299 Å². The number of hydrogen-bond acceptors (Lipinski definition) is 21. The van der Waals surface area contributed by atoms with Crippen molar-refractivity contribution in [3.8, 4) is 0 Å². The normalized spacial score (nSPS) is 17.3. The number of Topliss-reactive ketones (excluding diaryl/α,β-unsaturated/α-hetero) is 2. The maximum atomic E-state index is 12.2. The highest BCUT2D eigenvalue weighted by atomic mass is 32.2. The highest BCUT2D eigenvalue weighted by Gasteiger charge is 2.47. The Kier molecular flexibility index (Phi) is 49.8. The number of ketones is 2. The van der Waals surface area contributed by atoms with Crippen molar-refractivity contribution in [1.82, 2.24) is 40.8 Å². The van der Waals surface area contributed by atoms with Crippen LogP contribution in [0.15, 0.2) is 36.5 Å². The lowest BCUT2D eigenvalue weighted by atomic mass is 9.81. The van der Waals surface area contributed by atoms with Crippen LogP contribution in [0.1, 0.15) is 294 Å². The van der Waals surface area contributed by atoms with Crippen LogP contribution in [-0.2, 0) is 101 Å². The van der Waals surface area contributed by atoms with Crippen molar-refractivity contribution >= 4 is 110 Å². The number of rotatable bonds is 48. The molecule has 1 atom stereocenters. The third-order valence-electron chi connectivity index (χ3n) is 19.4. The van der Waals surface area contributed by atoms with Gasteiger partial charge < -0.3 is 25.6 Å². The number of sulfone groups is 1. The van der Waals surface area contributed by atoms with Gasteiger partial charge in [-0.1, -0.05) is 146 Å². The van der Waals surface area contributed by atoms with Crippen LogP contribution in [0.25, 0.3) is 0 Å². The number of hydrogen-bond donors (Lipinski definition) is 3. The molecule has 2 saturated heterocycles. The van der Waals surface area contributed by atoms with E-state index < -0.39 is 57.1 Å². The first-order valence-electron chi connectivity index (χ1n) is 41.2. The third kappa shape index (κ3) is 44.7. The summed E-state index contributed by atoms with van der Waals surface area (Å²) in [5, 5.41) is 7.99. The molecule has 1 aliphatic carbocycles. The number of unbranched alkanes of at least 4 members (excludes halogenated alkanes) is 7. The summed E-state index contributed by atoms with van der Waals surface area (Å²) in [6, 6.07) is 0. The highest BCUT2D eigenvalue weighted by molar-refractivity contribution is 7.92. The fourth-order valence-electron chi connectivity index (χ4n) is 12.6. The molecule has 30 heteroatoms. The van der Waals surface area contributed by atoms with Gasteiger partial charge in [-0.3, -0.25) is 86.6 Å². The van der Waals surface area contributed by atoms with E-state index in [9.17, 15) is 89.9 Å². The van der Waals surface area contributed by atoms with Gasteiger partial charge in [0.25, 0.3) is 59.1 Å². The zero-order chi connectivity index (χ0) is 84.6. The molecule has 13 amide bonds. The molecule has 0 spiro atoms. The lowest BCUT2D eigenvalue weighted by molar-refractivity contribution is -0.197. The van der Waals surface area contributed by atoms with Gasteiger partial charge in [0.1, 0.15) is 11.6 Å². The number of hydroxylamine groups is 4. The molecule has 113 heavy (non-hydrogen) atoms. The molecular formula is C83H132N8O21S. The number of carbonyl (C=O) groups excluding carboxylic acids is 17. The molecule has 0 aromatic carbocycles. The zero-order valence-electron chi connectivity index (χ0n) is 69.3. The molecule has 29 nitrogen and oxygen atoms in total. The van der Waals surface area contributed by atoms with E-state index in [0.29, 0.717) is 99.4 Å². The van der Waals surface area contributed by atoms with Crippen LogP contribution in [-0.4, -0.2) is 184 Å². The summed E-state index contributed by atoms with van der Waals surface area (Å²) in [6.45, 7) is 25.0. The summed E-state index contributed by atoms with van der Waals surface area (Å²) in [5.74, 6) is -1.86. The summed E-state index contributed by atoms with van der Waals surface area (Å²) in [4.78, 5) is 209. The van der Waals surface area contributed by atoms with Crippen LogP contribution in [0.2, 0.25) is 0 Å². The molecule has 0 radical (unpaired) electrons. The summed E-state index contributed by atoms with van der Waals surface area (Å²) in [5.41, 5.74) is 0. The molecule has 6 rings (SSSR count). The van der Waals surface area contributed by atoms with Crippen molar-refractivity contribution in [1.29, 1.82) is 0 Å². The fourth-order valence-corrected chi connectivity index (χ4v) is 13.5. The smallest absolute Gasteiger partial charge is 0.333 e. The predicted molar refractivity (Wildman–Crippen MR) is 424 cm³/mol. The maximum absolute atomic E-state index is 12.2. The Morgan fingerprint density at radius 2 is 0.743 bits per heavy atom. The zero-order valence-corrected chi connectivity index (χ0v) is 70.1. The standard InChI is InChI=1S/C19H30N2O3.C18H29NO7S.C17H27NO5.C15H24N2O3.C14H22N2O3/c1-14(2)5-3-4-12-20-19(24)16-8-6-15(7-9-16)13-21-17(22)10-11-18(21)23;1-13(2)8-5-4-6-9-14(20)10-7-11-17(22)26-19-16(21)12-15(18(19)23)27(3,24)25;1-13(2)7-4-3-5-8-14(19)9-6-10-17(22)23-18-15(20)11-12-16(18)21;1-12(2)6-3-4-10-16-13(18)7-5-11-17-14(19)8-9-15(17)20;1-11(2)5-3-4-9-15-12(17)8-10-16-13(18)6-7-14(16)19/h10-11,14-16H,3-9,12-13H2,1-2H3,(H,20,24);13,15H,4-12H2,1-3H3;13H,3-12H2,1-2H3;8-9,12H,3-7,10-11H2,1-2H3,(H,16,18);6-7,11H,3-5,8-10H2,1-2H3,(H,15,17). The SMILES string of the molecule is CC(C)CCCCCC(=O)CCCC(=O)ON1C(=O)CC(S(C)(=O)=O)C1=O.CC(C)CCCCCC(=O)CCCC(=O)ON1C(=O)CCC1=O.CC(C)CCCCNC(=O)C1CCC(CN2C(=O)C=CC2=O)CC1.CC(C)CCCCNC(=O)CCCN1C(=O)C=CC1=O.CC(C)CCCCNC(=O)CCN1C(=O)C=CC1=O. The second-order valence-corrected chi connectivity index (χ2v) is 34.2. The number of carbonyl (C=O) groups is 17. The van der Waals surface area contributed by atoms with Gasteiger partial charge in [0.05, 0.1) is 6.42 Å². The Morgan fingerprint density at radius 3 is 1.13 bits per heavy atom. The van der Waals surface area contributed by atoms with E-state index in [-0.39, 0.29) is 127 Å². The quantitative estimate of drug-likeness (QED) is 0.0376. The summed E-state index contributed by atoms with van der Waals surface area (Å²) >= 11 is 0. The third-order valence-corrected chi connectivity index (χ3v) is 20.8. The molecule has 0 bridgehead atoms. The van der Waals surface area contributed by atoms with Gasteiger partial charge in [0.15, 0.2) is 15.1 Å². The van der Waals surface area contributed by atoms with E-state index in [4.69, 9.17) is 9.68 Å². The number of imide groups is 5. The second-order valence-electron chi connectivity index (χ2n) is 32.0. The van der Waals surface area contributed by atoms with Gasteiger partial charge in [-0.25, -0.2) is 18.0 Å². The molecule has 1 saturated carbocycles. The van der Waals surface area contributed by atoms with Crippen molar-refractivity contribution in [3.05, 3.63) is 36.5 Å². The molecule has 3 N–H and O–H groups in total. The molecule has 5 aliphatic heterocycles. The average Bonchev–Trinajstić information content (AvgIpc) is 1.65. The van der Waals surface area contributed by atoms with E-state index >= 15 is 0 Å². The van der Waals surface area contributed by atoms with Gasteiger partial charge in [0, 0.05) is 152 Å². The molecule has 1 unspecified atom stereocenters. The fraction of sp³-hybridized carbons (Fsp3) is 0.723. The molecule has 636 valence electrons. The highest BCUT2D eigenvalue weighted by Crippen LogP contribution is 2.31. The van der Waals surface area contributed by atoms with E-state index in [1.165, 1.54) is 67.0 Å². The van der Waals surface area contributed by atoms with Crippen molar-refractivity contribution in [2.24, 2.45) is 41.4 Å². The first-order valence-corrected chi connectivity index (χ1v) is 43.1. The van der Waals surface area contributed by atoms with Crippen LogP contribution >= 0.6 is 0 Å². The van der Waals surface area contributed by atoms with Crippen LogP contribution in [0.5, 0.6) is 0 Å². The Bertz CT molecular complexity index is 3300. The van der Waals surface area contributed by atoms with Crippen molar-refractivity contribution in [2.75, 3.05) is 45.5 Å². The van der Waals surface area contributed by atoms with Crippen molar-refractivity contribution in [3.63, 3.8) is 0 Å². The molecule has 0 aromatic heterocycles. The van der Waals surface area contributed by atoms with Crippen LogP contribution in [0, 0.1) is 41.4 Å². The lowest BCUT2D eigenvalue weighted by Crippen LogP contribution is -2.38. The first kappa shape index (κ1) is 101. The van der Waals surface area contributed by atoms with E-state index in [1.54, 1.807) is 0 Å². The van der Waals surface area contributed by atoms with E-state index in [0.717, 1.165) is 138 Å².